The van der Waals surface area contributed by atoms with Gasteiger partial charge in [-0.05, 0) is 24.6 Å². The van der Waals surface area contributed by atoms with Crippen LogP contribution in [0.3, 0.4) is 0 Å². The van der Waals surface area contributed by atoms with Crippen molar-refractivity contribution in [1.29, 1.82) is 0 Å². The molecular weight excluding hydrogens is 238 g/mol. The van der Waals surface area contributed by atoms with Crippen molar-refractivity contribution < 1.29 is 5.11 Å². The van der Waals surface area contributed by atoms with Gasteiger partial charge >= 0.3 is 0 Å². The molecular formula is C15H19N3O. The third kappa shape index (κ3) is 4.03. The van der Waals surface area contributed by atoms with Crippen molar-refractivity contribution in [3.05, 3.63) is 42.2 Å². The maximum Gasteiger partial charge on any atom is 0.159 e. The molecule has 0 saturated heterocycles. The maximum atomic E-state index is 9.43. The van der Waals surface area contributed by atoms with Crippen molar-refractivity contribution in [1.82, 2.24) is 15.3 Å². The zero-order valence-electron chi connectivity index (χ0n) is 11.3. The van der Waals surface area contributed by atoms with Gasteiger partial charge in [0.15, 0.2) is 5.82 Å². The van der Waals surface area contributed by atoms with E-state index < -0.39 is 0 Å². The lowest BCUT2D eigenvalue weighted by atomic mass is 10.2. The molecule has 0 radical (unpaired) electrons. The Balaban J connectivity index is 2.02. The predicted octanol–water partition coefficient (Wildman–Crippen LogP) is 2.59. The maximum absolute atomic E-state index is 9.43. The topological polar surface area (TPSA) is 58.0 Å². The van der Waals surface area contributed by atoms with Gasteiger partial charge in [0.25, 0.3) is 0 Å². The van der Waals surface area contributed by atoms with E-state index >= 15 is 0 Å². The highest BCUT2D eigenvalue weighted by atomic mass is 16.3. The van der Waals surface area contributed by atoms with E-state index in [1.165, 1.54) is 0 Å². The average molecular weight is 257 g/mol. The first-order valence-electron chi connectivity index (χ1n) is 6.46. The van der Waals surface area contributed by atoms with E-state index in [4.69, 9.17) is 0 Å². The molecule has 0 aliphatic carbocycles. The molecule has 0 aliphatic rings. The molecule has 2 aromatic rings. The molecule has 1 aromatic carbocycles. The zero-order valence-corrected chi connectivity index (χ0v) is 11.3. The van der Waals surface area contributed by atoms with Crippen molar-refractivity contribution in [3.63, 3.8) is 0 Å². The van der Waals surface area contributed by atoms with Crippen LogP contribution in [0.15, 0.2) is 36.7 Å². The van der Waals surface area contributed by atoms with Crippen molar-refractivity contribution in [3.8, 4) is 17.1 Å². The molecule has 19 heavy (non-hydrogen) atoms. The molecule has 0 unspecified atom stereocenters. The summed E-state index contributed by atoms with van der Waals surface area (Å²) in [6, 6.07) is 6.96. The Hall–Kier alpha value is -1.94. The van der Waals surface area contributed by atoms with Crippen LogP contribution in [0.4, 0.5) is 0 Å². The van der Waals surface area contributed by atoms with Gasteiger partial charge in [-0.25, -0.2) is 9.97 Å². The number of nitrogens with zero attached hydrogens (tertiary/aromatic N) is 2. The van der Waals surface area contributed by atoms with Crippen LogP contribution >= 0.6 is 0 Å². The van der Waals surface area contributed by atoms with Gasteiger partial charge in [0.1, 0.15) is 5.75 Å². The van der Waals surface area contributed by atoms with Crippen LogP contribution in [-0.2, 0) is 6.54 Å². The second kappa shape index (κ2) is 6.29. The van der Waals surface area contributed by atoms with Crippen LogP contribution in [0.1, 0.15) is 19.4 Å². The summed E-state index contributed by atoms with van der Waals surface area (Å²) in [5.74, 6) is 1.49. The molecule has 100 valence electrons. The van der Waals surface area contributed by atoms with Crippen LogP contribution in [0.5, 0.6) is 5.75 Å². The minimum Gasteiger partial charge on any atom is -0.508 e. The quantitative estimate of drug-likeness (QED) is 0.864. The van der Waals surface area contributed by atoms with E-state index in [1.807, 2.05) is 18.5 Å². The van der Waals surface area contributed by atoms with Gasteiger partial charge in [-0.2, -0.15) is 0 Å². The van der Waals surface area contributed by atoms with E-state index in [2.05, 4.69) is 29.1 Å². The van der Waals surface area contributed by atoms with Gasteiger partial charge in [0.05, 0.1) is 0 Å². The number of phenolic OH excluding ortho intramolecular Hbond substituents is 1. The third-order valence-electron chi connectivity index (χ3n) is 2.69. The van der Waals surface area contributed by atoms with E-state index in [0.717, 1.165) is 24.2 Å². The summed E-state index contributed by atoms with van der Waals surface area (Å²) in [7, 11) is 0. The number of rotatable bonds is 5. The van der Waals surface area contributed by atoms with Gasteiger partial charge in [-0.1, -0.05) is 26.0 Å². The SMILES string of the molecule is CC(C)CNCc1cnc(-c2cccc(O)c2)nc1. The van der Waals surface area contributed by atoms with E-state index in [1.54, 1.807) is 18.2 Å². The van der Waals surface area contributed by atoms with E-state index in [-0.39, 0.29) is 5.75 Å². The molecule has 0 saturated carbocycles. The van der Waals surface area contributed by atoms with Crippen LogP contribution in [0, 0.1) is 5.92 Å². The molecule has 0 amide bonds. The van der Waals surface area contributed by atoms with Gasteiger partial charge in [0, 0.05) is 30.1 Å². The Bertz CT molecular complexity index is 523. The van der Waals surface area contributed by atoms with E-state index in [9.17, 15) is 5.11 Å². The lowest BCUT2D eigenvalue weighted by Gasteiger charge is -2.07. The lowest BCUT2D eigenvalue weighted by molar-refractivity contribution is 0.475. The first kappa shape index (κ1) is 13.5. The highest BCUT2D eigenvalue weighted by molar-refractivity contribution is 5.56. The molecule has 0 fully saturated rings. The summed E-state index contributed by atoms with van der Waals surface area (Å²) < 4.78 is 0. The van der Waals surface area contributed by atoms with Crippen LogP contribution in [0.25, 0.3) is 11.4 Å². The van der Waals surface area contributed by atoms with Gasteiger partial charge < -0.3 is 10.4 Å². The average Bonchev–Trinajstić information content (AvgIpc) is 2.39. The summed E-state index contributed by atoms with van der Waals surface area (Å²) in [5, 5.41) is 12.8. The van der Waals surface area contributed by atoms with Crippen molar-refractivity contribution in [2.24, 2.45) is 5.92 Å². The first-order valence-corrected chi connectivity index (χ1v) is 6.46. The minimum atomic E-state index is 0.226. The Morgan fingerprint density at radius 1 is 1.21 bits per heavy atom. The van der Waals surface area contributed by atoms with Gasteiger partial charge in [-0.3, -0.25) is 0 Å². The predicted molar refractivity (Wildman–Crippen MR) is 75.7 cm³/mol. The van der Waals surface area contributed by atoms with Crippen LogP contribution in [-0.4, -0.2) is 21.6 Å². The number of aromatic nitrogens is 2. The monoisotopic (exact) mass is 257 g/mol. The number of hydrogen-bond acceptors (Lipinski definition) is 4. The minimum absolute atomic E-state index is 0.226. The number of benzene rings is 1. The first-order chi connectivity index (χ1) is 9.15. The Labute approximate surface area is 113 Å². The van der Waals surface area contributed by atoms with Gasteiger partial charge in [-0.15, -0.1) is 0 Å². The molecule has 4 nitrogen and oxygen atoms in total. The van der Waals surface area contributed by atoms with Crippen molar-refractivity contribution >= 4 is 0 Å². The molecule has 2 rings (SSSR count). The number of nitrogens with one attached hydrogen (secondary N) is 1. The third-order valence-corrected chi connectivity index (χ3v) is 2.69. The molecule has 0 atom stereocenters. The smallest absolute Gasteiger partial charge is 0.159 e. The number of phenols is 1. The highest BCUT2D eigenvalue weighted by Gasteiger charge is 2.02. The summed E-state index contributed by atoms with van der Waals surface area (Å²) >= 11 is 0. The molecule has 0 spiro atoms. The van der Waals surface area contributed by atoms with Crippen molar-refractivity contribution in [2.75, 3.05) is 6.54 Å². The van der Waals surface area contributed by atoms with E-state index in [0.29, 0.717) is 11.7 Å². The van der Waals surface area contributed by atoms with Gasteiger partial charge in [0.2, 0.25) is 0 Å². The Morgan fingerprint density at radius 3 is 2.58 bits per heavy atom. The summed E-state index contributed by atoms with van der Waals surface area (Å²) in [6.07, 6.45) is 3.64. The molecule has 1 heterocycles. The second-order valence-electron chi connectivity index (χ2n) is 4.99. The Morgan fingerprint density at radius 2 is 1.95 bits per heavy atom. The summed E-state index contributed by atoms with van der Waals surface area (Å²) in [4.78, 5) is 8.65. The number of aromatic hydroxyl groups is 1. The number of hydrogen-bond donors (Lipinski definition) is 2. The summed E-state index contributed by atoms with van der Waals surface area (Å²) in [5.41, 5.74) is 1.88. The normalized spacial score (nSPS) is 10.9. The lowest BCUT2D eigenvalue weighted by Crippen LogP contribution is -2.19. The second-order valence-corrected chi connectivity index (χ2v) is 4.99. The van der Waals surface area contributed by atoms with Crippen LogP contribution in [0.2, 0.25) is 0 Å². The molecule has 4 heteroatoms. The fourth-order valence-electron chi connectivity index (χ4n) is 1.75. The molecule has 1 aromatic heterocycles. The molecule has 2 N–H and O–H groups in total. The molecule has 0 bridgehead atoms. The van der Waals surface area contributed by atoms with Crippen molar-refractivity contribution in [2.45, 2.75) is 20.4 Å². The highest BCUT2D eigenvalue weighted by Crippen LogP contribution is 2.19. The molecule has 0 aliphatic heterocycles. The fourth-order valence-corrected chi connectivity index (χ4v) is 1.75. The largest absolute Gasteiger partial charge is 0.508 e. The zero-order chi connectivity index (χ0) is 13.7. The standard InChI is InChI=1S/C15H19N3O/c1-11(2)7-16-8-12-9-17-15(18-10-12)13-4-3-5-14(19)6-13/h3-6,9-11,16,19H,7-8H2,1-2H3. The summed E-state index contributed by atoms with van der Waals surface area (Å²) in [6.45, 7) is 6.11. The Kier molecular flexibility index (Phi) is 4.47. The van der Waals surface area contributed by atoms with Crippen LogP contribution < -0.4 is 5.32 Å². The fraction of sp³-hybridized carbons (Fsp3) is 0.333.